The second-order valence-electron chi connectivity index (χ2n) is 7.16. The summed E-state index contributed by atoms with van der Waals surface area (Å²) in [4.78, 5) is 38.7. The third-order valence-corrected chi connectivity index (χ3v) is 5.66. The topological polar surface area (TPSA) is 136 Å². The Morgan fingerprint density at radius 1 is 1.16 bits per heavy atom. The van der Waals surface area contributed by atoms with Crippen LogP contribution in [0.5, 0.6) is 5.75 Å². The first-order valence-electron chi connectivity index (χ1n) is 9.68. The van der Waals surface area contributed by atoms with Crippen LogP contribution < -0.4 is 20.1 Å². The van der Waals surface area contributed by atoms with Gasteiger partial charge in [-0.2, -0.15) is 0 Å². The van der Waals surface area contributed by atoms with Crippen molar-refractivity contribution in [3.8, 4) is 5.75 Å². The number of nitrogens with zero attached hydrogens (tertiary/aromatic N) is 1. The maximum Gasteiger partial charge on any atom is 0.268 e. The van der Waals surface area contributed by atoms with E-state index in [4.69, 9.17) is 9.88 Å². The number of anilines is 2. The van der Waals surface area contributed by atoms with Crippen molar-refractivity contribution in [3.05, 3.63) is 48.0 Å². The van der Waals surface area contributed by atoms with Crippen LogP contribution in [0.15, 0.2) is 47.4 Å². The van der Waals surface area contributed by atoms with Gasteiger partial charge in [0.15, 0.2) is 11.9 Å². The molecule has 164 valence electrons. The molecule has 0 bridgehead atoms. The molecule has 0 saturated heterocycles. The summed E-state index contributed by atoms with van der Waals surface area (Å²) in [5.41, 5.74) is 1.14. The quantitative estimate of drug-likeness (QED) is 0.626. The van der Waals surface area contributed by atoms with Crippen molar-refractivity contribution in [1.29, 1.82) is 0 Å². The highest BCUT2D eigenvalue weighted by Gasteiger charge is 2.33. The highest BCUT2D eigenvalue weighted by atomic mass is 32.2. The number of sulfonamides is 1. The van der Waals surface area contributed by atoms with Crippen molar-refractivity contribution in [3.63, 3.8) is 0 Å². The van der Waals surface area contributed by atoms with E-state index >= 15 is 0 Å². The van der Waals surface area contributed by atoms with Crippen LogP contribution in [0.25, 0.3) is 0 Å². The molecule has 1 atom stereocenters. The number of rotatable bonds is 7. The summed E-state index contributed by atoms with van der Waals surface area (Å²) >= 11 is 0. The number of nitrogens with one attached hydrogen (secondary N) is 1. The molecule has 1 heterocycles. The van der Waals surface area contributed by atoms with Gasteiger partial charge in [0.05, 0.1) is 10.6 Å². The number of hydrogen-bond acceptors (Lipinski definition) is 6. The lowest BCUT2D eigenvalue weighted by molar-refractivity contribution is -0.127. The number of carbonyl (C=O) groups is 3. The predicted molar refractivity (Wildman–Crippen MR) is 115 cm³/mol. The van der Waals surface area contributed by atoms with Crippen LogP contribution in [0.2, 0.25) is 0 Å². The smallest absolute Gasteiger partial charge is 0.268 e. The van der Waals surface area contributed by atoms with Crippen LogP contribution in [0.3, 0.4) is 0 Å². The largest absolute Gasteiger partial charge is 0.479 e. The van der Waals surface area contributed by atoms with Crippen LogP contribution >= 0.6 is 0 Å². The van der Waals surface area contributed by atoms with Gasteiger partial charge in [-0.15, -0.1) is 0 Å². The SMILES string of the molecule is CCCC(=O)c1ccc2c(c1)N(CC(=O)Nc1ccc(S(N)(=O)=O)cc1)C(=O)C(C)O2. The number of nitrogens with two attached hydrogens (primary N) is 1. The second-order valence-corrected chi connectivity index (χ2v) is 8.72. The zero-order valence-corrected chi connectivity index (χ0v) is 17.9. The van der Waals surface area contributed by atoms with Crippen molar-refractivity contribution in [2.24, 2.45) is 5.14 Å². The van der Waals surface area contributed by atoms with Crippen LogP contribution in [-0.2, 0) is 19.6 Å². The molecule has 1 aliphatic heterocycles. The lowest BCUT2D eigenvalue weighted by Crippen LogP contribution is -2.47. The molecule has 0 aliphatic carbocycles. The van der Waals surface area contributed by atoms with Gasteiger partial charge in [-0.1, -0.05) is 6.92 Å². The van der Waals surface area contributed by atoms with Crippen molar-refractivity contribution in [2.75, 3.05) is 16.8 Å². The zero-order valence-electron chi connectivity index (χ0n) is 17.1. The van der Waals surface area contributed by atoms with E-state index in [0.717, 1.165) is 0 Å². The molecule has 3 rings (SSSR count). The molecule has 2 aromatic rings. The van der Waals surface area contributed by atoms with Crippen LogP contribution in [0, 0.1) is 0 Å². The van der Waals surface area contributed by atoms with Crippen LogP contribution in [0.1, 0.15) is 37.0 Å². The molecular formula is C21H23N3O6S. The van der Waals surface area contributed by atoms with E-state index in [1.165, 1.54) is 29.2 Å². The van der Waals surface area contributed by atoms with Crippen molar-refractivity contribution < 1.29 is 27.5 Å². The molecule has 2 aromatic carbocycles. The van der Waals surface area contributed by atoms with Gasteiger partial charge in [0.1, 0.15) is 12.3 Å². The lowest BCUT2D eigenvalue weighted by Gasteiger charge is -2.32. The molecule has 0 spiro atoms. The maximum absolute atomic E-state index is 12.7. The summed E-state index contributed by atoms with van der Waals surface area (Å²) in [6.45, 7) is 3.18. The number of fused-ring (bicyclic) bond motifs is 1. The standard InChI is InChI=1S/C21H23N3O6S/c1-3-4-18(25)14-5-10-19-17(11-14)24(21(27)13(2)30-19)12-20(26)23-15-6-8-16(9-7-15)31(22,28)29/h5-11,13H,3-4,12H2,1-2H3,(H,23,26)(H2,22,28,29). The fourth-order valence-corrected chi connectivity index (χ4v) is 3.70. The van der Waals surface area contributed by atoms with E-state index in [1.54, 1.807) is 25.1 Å². The first-order chi connectivity index (χ1) is 14.6. The summed E-state index contributed by atoms with van der Waals surface area (Å²) in [5, 5.41) is 7.68. The Labute approximate surface area is 180 Å². The molecule has 9 nitrogen and oxygen atoms in total. The molecular weight excluding hydrogens is 422 g/mol. The minimum atomic E-state index is -3.84. The highest BCUT2D eigenvalue weighted by molar-refractivity contribution is 7.89. The Balaban J connectivity index is 1.81. The number of ketones is 1. The van der Waals surface area contributed by atoms with Crippen molar-refractivity contribution in [1.82, 2.24) is 0 Å². The predicted octanol–water partition coefficient (Wildman–Crippen LogP) is 2.07. The van der Waals surface area contributed by atoms with Gasteiger partial charge in [0.25, 0.3) is 5.91 Å². The number of amides is 2. The third-order valence-electron chi connectivity index (χ3n) is 4.73. The zero-order chi connectivity index (χ0) is 22.8. The Morgan fingerprint density at radius 3 is 2.45 bits per heavy atom. The van der Waals surface area contributed by atoms with Gasteiger partial charge in [-0.3, -0.25) is 19.3 Å². The fraction of sp³-hybridized carbons (Fsp3) is 0.286. The van der Waals surface area contributed by atoms with Crippen LogP contribution in [-0.4, -0.2) is 38.7 Å². The molecule has 1 aliphatic rings. The number of benzene rings is 2. The maximum atomic E-state index is 12.7. The average molecular weight is 445 g/mol. The van der Waals surface area contributed by atoms with E-state index in [-0.39, 0.29) is 17.2 Å². The number of ether oxygens (including phenoxy) is 1. The van der Waals surface area contributed by atoms with Gasteiger partial charge in [-0.25, -0.2) is 13.6 Å². The second kappa shape index (κ2) is 8.86. The Morgan fingerprint density at radius 2 is 1.84 bits per heavy atom. The molecule has 0 fully saturated rings. The van der Waals surface area contributed by atoms with E-state index in [2.05, 4.69) is 5.32 Å². The first kappa shape index (κ1) is 22.4. The van der Waals surface area contributed by atoms with Gasteiger partial charge in [0, 0.05) is 17.7 Å². The Hall–Kier alpha value is -3.24. The van der Waals surface area contributed by atoms with Gasteiger partial charge in [0.2, 0.25) is 15.9 Å². The molecule has 1 unspecified atom stereocenters. The number of primary sulfonamides is 1. The molecule has 31 heavy (non-hydrogen) atoms. The lowest BCUT2D eigenvalue weighted by atomic mass is 10.0. The van der Waals surface area contributed by atoms with Crippen molar-refractivity contribution >= 4 is 39.0 Å². The van der Waals surface area contributed by atoms with E-state index in [1.807, 2.05) is 6.92 Å². The molecule has 2 amide bonds. The fourth-order valence-electron chi connectivity index (χ4n) is 3.19. The average Bonchev–Trinajstić information content (AvgIpc) is 2.71. The normalized spacial score (nSPS) is 15.8. The summed E-state index contributed by atoms with van der Waals surface area (Å²) in [6.07, 6.45) is 0.282. The summed E-state index contributed by atoms with van der Waals surface area (Å²) in [7, 11) is -3.84. The number of carbonyl (C=O) groups excluding carboxylic acids is 3. The van der Waals surface area contributed by atoms with E-state index in [9.17, 15) is 22.8 Å². The highest BCUT2D eigenvalue weighted by Crippen LogP contribution is 2.35. The first-order valence-corrected chi connectivity index (χ1v) is 11.2. The third kappa shape index (κ3) is 5.09. The molecule has 0 aromatic heterocycles. The minimum absolute atomic E-state index is 0.0595. The van der Waals surface area contributed by atoms with Crippen LogP contribution in [0.4, 0.5) is 11.4 Å². The molecule has 10 heteroatoms. The van der Waals surface area contributed by atoms with E-state index in [0.29, 0.717) is 35.5 Å². The van der Waals surface area contributed by atoms with Gasteiger partial charge < -0.3 is 10.1 Å². The monoisotopic (exact) mass is 445 g/mol. The molecule has 0 radical (unpaired) electrons. The number of hydrogen-bond donors (Lipinski definition) is 2. The van der Waals surface area contributed by atoms with E-state index < -0.39 is 27.9 Å². The van der Waals surface area contributed by atoms with Crippen molar-refractivity contribution in [2.45, 2.75) is 37.7 Å². The summed E-state index contributed by atoms with van der Waals surface area (Å²) in [5.74, 6) is -0.560. The van der Waals surface area contributed by atoms with Gasteiger partial charge in [-0.05, 0) is 55.8 Å². The molecule has 3 N–H and O–H groups in total. The summed E-state index contributed by atoms with van der Waals surface area (Å²) in [6, 6.07) is 10.2. The number of Topliss-reactive ketones (excluding diaryl/α,β-unsaturated/α-hetero) is 1. The Kier molecular flexibility index (Phi) is 6.42. The molecule has 0 saturated carbocycles. The minimum Gasteiger partial charge on any atom is -0.479 e. The summed E-state index contributed by atoms with van der Waals surface area (Å²) < 4.78 is 28.3. The van der Waals surface area contributed by atoms with Gasteiger partial charge >= 0.3 is 0 Å². The Bertz CT molecular complexity index is 1130.